The minimum Gasteiger partial charge on any atom is -0.481 e. The molecule has 0 saturated carbocycles. The van der Waals surface area contributed by atoms with Crippen LogP contribution in [0.2, 0.25) is 0 Å². The van der Waals surface area contributed by atoms with E-state index in [9.17, 15) is 0 Å². The molecule has 0 N–H and O–H groups in total. The lowest BCUT2D eigenvalue weighted by atomic mass is 10.1. The predicted octanol–water partition coefficient (Wildman–Crippen LogP) is 4.56. The second kappa shape index (κ2) is 6.64. The number of aliphatic imine (C=N–C) groups is 1. The lowest BCUT2D eigenvalue weighted by molar-refractivity contribution is 0.405. The van der Waals surface area contributed by atoms with E-state index in [4.69, 9.17) is 4.74 Å². The molecule has 2 nitrogen and oxygen atoms in total. The Hall–Kier alpha value is -2.00. The van der Waals surface area contributed by atoms with Gasteiger partial charge >= 0.3 is 0 Å². The van der Waals surface area contributed by atoms with Crippen molar-refractivity contribution in [2.45, 2.75) is 5.25 Å². The van der Waals surface area contributed by atoms with E-state index in [0.29, 0.717) is 11.1 Å². The molecule has 3 heteroatoms. The fraction of sp³-hybridized carbons (Fsp3) is 0.167. The van der Waals surface area contributed by atoms with Gasteiger partial charge in [-0.25, -0.2) is 0 Å². The molecule has 0 radical (unpaired) electrons. The van der Waals surface area contributed by atoms with Crippen LogP contribution in [0, 0.1) is 0 Å². The molecule has 0 saturated heterocycles. The monoisotopic (exact) mass is 295 g/mol. The van der Waals surface area contributed by atoms with Crippen LogP contribution in [0.25, 0.3) is 4.91 Å². The van der Waals surface area contributed by atoms with E-state index in [1.54, 1.807) is 7.11 Å². The van der Waals surface area contributed by atoms with Crippen LogP contribution in [0.5, 0.6) is 0 Å². The summed E-state index contributed by atoms with van der Waals surface area (Å²) < 4.78 is 5.37. The number of hydrogen-bond acceptors (Lipinski definition) is 3. The van der Waals surface area contributed by atoms with Crippen LogP contribution in [0.4, 0.5) is 0 Å². The maximum absolute atomic E-state index is 5.37. The van der Waals surface area contributed by atoms with Crippen LogP contribution in [0.1, 0.15) is 16.4 Å². The molecule has 0 fully saturated rings. The molecule has 0 aliphatic carbocycles. The largest absolute Gasteiger partial charge is 0.481 e. The molecule has 0 aromatic heterocycles. The summed E-state index contributed by atoms with van der Waals surface area (Å²) in [5.74, 6) is 0.694. The van der Waals surface area contributed by atoms with Gasteiger partial charge in [-0.1, -0.05) is 60.7 Å². The summed E-state index contributed by atoms with van der Waals surface area (Å²) in [5, 5.41) is 0.310. The number of ether oxygens (including phenoxy) is 1. The van der Waals surface area contributed by atoms with Crippen LogP contribution in [-0.2, 0) is 4.74 Å². The highest BCUT2D eigenvalue weighted by molar-refractivity contribution is 8.08. The molecule has 0 amide bonds. The average molecular weight is 295 g/mol. The molecule has 1 unspecified atom stereocenters. The van der Waals surface area contributed by atoms with E-state index < -0.39 is 0 Å². The van der Waals surface area contributed by atoms with Gasteiger partial charge in [0.15, 0.2) is 0 Å². The number of benzene rings is 2. The maximum atomic E-state index is 5.37. The summed E-state index contributed by atoms with van der Waals surface area (Å²) in [7, 11) is 1.67. The molecule has 21 heavy (non-hydrogen) atoms. The summed E-state index contributed by atoms with van der Waals surface area (Å²) in [4.78, 5) is 5.77. The van der Waals surface area contributed by atoms with Gasteiger partial charge < -0.3 is 4.74 Å². The third-order valence-electron chi connectivity index (χ3n) is 3.38. The first-order chi connectivity index (χ1) is 10.4. The van der Waals surface area contributed by atoms with Crippen molar-refractivity contribution in [1.82, 2.24) is 0 Å². The summed E-state index contributed by atoms with van der Waals surface area (Å²) >= 11 is 1.84. The Morgan fingerprint density at radius 2 is 1.67 bits per heavy atom. The van der Waals surface area contributed by atoms with Crippen molar-refractivity contribution < 1.29 is 4.74 Å². The molecule has 0 bridgehead atoms. The molecule has 1 aliphatic rings. The zero-order valence-electron chi connectivity index (χ0n) is 11.9. The number of hydrogen-bond donors (Lipinski definition) is 0. The molecule has 1 aliphatic heterocycles. The van der Waals surface area contributed by atoms with Gasteiger partial charge in [-0.15, -0.1) is 11.8 Å². The first-order valence-corrected chi connectivity index (χ1v) is 7.82. The van der Waals surface area contributed by atoms with Crippen LogP contribution < -0.4 is 0 Å². The van der Waals surface area contributed by atoms with Gasteiger partial charge in [0.2, 0.25) is 5.90 Å². The van der Waals surface area contributed by atoms with Crippen molar-refractivity contribution in [3.63, 3.8) is 0 Å². The SMILES string of the molecule is COC1=NCC(c2ccccc2)SC(c2ccccc2)=C1. The van der Waals surface area contributed by atoms with E-state index in [0.717, 1.165) is 6.54 Å². The number of methoxy groups -OCH3 is 1. The number of thioether (sulfide) groups is 1. The molecule has 106 valence electrons. The molecule has 1 heterocycles. The Balaban J connectivity index is 1.95. The Morgan fingerprint density at radius 1 is 1.00 bits per heavy atom. The smallest absolute Gasteiger partial charge is 0.209 e. The van der Waals surface area contributed by atoms with Gasteiger partial charge in [-0.2, -0.15) is 0 Å². The normalized spacial score (nSPS) is 18.4. The number of nitrogens with zero attached hydrogens (tertiary/aromatic N) is 1. The van der Waals surface area contributed by atoms with E-state index >= 15 is 0 Å². The summed E-state index contributed by atoms with van der Waals surface area (Å²) in [6.45, 7) is 0.727. The molecular weight excluding hydrogens is 278 g/mol. The van der Waals surface area contributed by atoms with Gasteiger partial charge in [0.1, 0.15) is 0 Å². The molecule has 1 atom stereocenters. The van der Waals surface area contributed by atoms with Gasteiger partial charge in [0, 0.05) is 11.0 Å². The van der Waals surface area contributed by atoms with Crippen molar-refractivity contribution in [3.8, 4) is 0 Å². The average Bonchev–Trinajstić information content (AvgIpc) is 2.79. The Bertz CT molecular complexity index is 649. The lowest BCUT2D eigenvalue weighted by Crippen LogP contribution is -2.00. The van der Waals surface area contributed by atoms with Crippen LogP contribution >= 0.6 is 11.8 Å². The number of rotatable bonds is 2. The van der Waals surface area contributed by atoms with Crippen LogP contribution in [0.3, 0.4) is 0 Å². The molecule has 3 rings (SSSR count). The van der Waals surface area contributed by atoms with E-state index in [-0.39, 0.29) is 0 Å². The quantitative estimate of drug-likeness (QED) is 0.810. The van der Waals surface area contributed by atoms with Gasteiger partial charge in [-0.3, -0.25) is 4.99 Å². The predicted molar refractivity (Wildman–Crippen MR) is 90.5 cm³/mol. The first kappa shape index (κ1) is 14.0. The first-order valence-electron chi connectivity index (χ1n) is 6.94. The Kier molecular flexibility index (Phi) is 4.41. The van der Waals surface area contributed by atoms with E-state index in [2.05, 4.69) is 53.5 Å². The molecule has 2 aromatic carbocycles. The van der Waals surface area contributed by atoms with E-state index in [1.165, 1.54) is 16.0 Å². The van der Waals surface area contributed by atoms with Gasteiger partial charge in [0.05, 0.1) is 18.9 Å². The Morgan fingerprint density at radius 3 is 2.33 bits per heavy atom. The van der Waals surface area contributed by atoms with Gasteiger partial charge in [0.25, 0.3) is 0 Å². The molecular formula is C18H17NOS. The Labute approximate surface area is 129 Å². The highest BCUT2D eigenvalue weighted by Gasteiger charge is 2.19. The third-order valence-corrected chi connectivity index (χ3v) is 4.69. The lowest BCUT2D eigenvalue weighted by Gasteiger charge is -2.15. The minimum atomic E-state index is 0.310. The van der Waals surface area contributed by atoms with Crippen molar-refractivity contribution in [2.75, 3.05) is 13.7 Å². The second-order valence-corrected chi connectivity index (χ2v) is 6.02. The standard InChI is InChI=1S/C18H17NOS/c1-20-18-12-16(14-8-4-2-5-9-14)21-17(13-19-18)15-10-6-3-7-11-15/h2-12,17H,13H2,1H3. The minimum absolute atomic E-state index is 0.310. The highest BCUT2D eigenvalue weighted by Crippen LogP contribution is 2.41. The molecule has 2 aromatic rings. The molecule has 0 spiro atoms. The maximum Gasteiger partial charge on any atom is 0.209 e. The van der Waals surface area contributed by atoms with Crippen molar-refractivity contribution in [3.05, 3.63) is 77.9 Å². The van der Waals surface area contributed by atoms with Crippen LogP contribution in [0.15, 0.2) is 71.7 Å². The summed E-state index contributed by atoms with van der Waals surface area (Å²) in [6.07, 6.45) is 2.03. The topological polar surface area (TPSA) is 21.6 Å². The summed E-state index contributed by atoms with van der Waals surface area (Å²) in [5.41, 5.74) is 2.50. The summed E-state index contributed by atoms with van der Waals surface area (Å²) in [6, 6.07) is 20.9. The van der Waals surface area contributed by atoms with Gasteiger partial charge in [-0.05, 0) is 11.1 Å². The fourth-order valence-corrected chi connectivity index (χ4v) is 3.46. The van der Waals surface area contributed by atoms with Crippen molar-refractivity contribution >= 4 is 22.6 Å². The van der Waals surface area contributed by atoms with Crippen molar-refractivity contribution in [1.29, 1.82) is 0 Å². The van der Waals surface area contributed by atoms with Crippen molar-refractivity contribution in [2.24, 2.45) is 4.99 Å². The zero-order valence-corrected chi connectivity index (χ0v) is 12.7. The third kappa shape index (κ3) is 3.37. The van der Waals surface area contributed by atoms with E-state index in [1.807, 2.05) is 30.0 Å². The van der Waals surface area contributed by atoms with Crippen LogP contribution in [-0.4, -0.2) is 19.6 Å². The fourth-order valence-electron chi connectivity index (χ4n) is 2.27. The highest BCUT2D eigenvalue weighted by atomic mass is 32.2. The zero-order chi connectivity index (χ0) is 14.5. The second-order valence-electron chi connectivity index (χ2n) is 4.77.